The van der Waals surface area contributed by atoms with Crippen molar-refractivity contribution in [3.8, 4) is 0 Å². The molecule has 8 heteroatoms. The van der Waals surface area contributed by atoms with Crippen molar-refractivity contribution >= 4 is 55.8 Å². The number of carbonyl (C=O) groups is 2. The number of fused-ring (bicyclic) bond motifs is 1. The first kappa shape index (κ1) is 21.7. The van der Waals surface area contributed by atoms with Gasteiger partial charge in [0.25, 0.3) is 0 Å². The number of hydrogen-bond donors (Lipinski definition) is 0. The van der Waals surface area contributed by atoms with Crippen LogP contribution in [0.15, 0.2) is 48.5 Å². The van der Waals surface area contributed by atoms with Crippen LogP contribution in [0.2, 0.25) is 5.02 Å². The summed E-state index contributed by atoms with van der Waals surface area (Å²) in [6, 6.07) is 15.2. The Morgan fingerprint density at radius 2 is 1.94 bits per heavy atom. The smallest absolute Gasteiger partial charge is 0.234 e. The average Bonchev–Trinajstić information content (AvgIpc) is 3.36. The Morgan fingerprint density at radius 3 is 2.65 bits per heavy atom. The van der Waals surface area contributed by atoms with Crippen LogP contribution in [0.4, 0.5) is 10.8 Å². The van der Waals surface area contributed by atoms with Gasteiger partial charge in [-0.15, -0.1) is 0 Å². The lowest BCUT2D eigenvalue weighted by Gasteiger charge is -2.24. The largest absolute Gasteiger partial charge is 0.312 e. The molecule has 2 aromatic carbocycles. The maximum Gasteiger partial charge on any atom is 0.234 e. The van der Waals surface area contributed by atoms with Gasteiger partial charge in [-0.1, -0.05) is 47.2 Å². The zero-order chi connectivity index (χ0) is 22.0. The van der Waals surface area contributed by atoms with E-state index in [0.717, 1.165) is 23.4 Å². The van der Waals surface area contributed by atoms with Crippen molar-refractivity contribution in [2.24, 2.45) is 5.92 Å². The summed E-state index contributed by atoms with van der Waals surface area (Å²) in [5.41, 5.74) is 1.54. The van der Waals surface area contributed by atoms with Gasteiger partial charge in [-0.05, 0) is 51.3 Å². The number of halogens is 1. The van der Waals surface area contributed by atoms with Crippen LogP contribution in [0.3, 0.4) is 0 Å². The van der Waals surface area contributed by atoms with Gasteiger partial charge < -0.3 is 9.80 Å². The fourth-order valence-corrected chi connectivity index (χ4v) is 5.11. The van der Waals surface area contributed by atoms with Gasteiger partial charge in [0, 0.05) is 25.2 Å². The monoisotopic (exact) mass is 456 g/mol. The van der Waals surface area contributed by atoms with Gasteiger partial charge in [0.1, 0.15) is 5.52 Å². The number of benzene rings is 2. The lowest BCUT2D eigenvalue weighted by atomic mass is 10.1. The first-order valence-corrected chi connectivity index (χ1v) is 11.5. The van der Waals surface area contributed by atoms with E-state index in [1.165, 1.54) is 11.3 Å². The number of para-hydroxylation sites is 2. The van der Waals surface area contributed by atoms with E-state index < -0.39 is 5.92 Å². The van der Waals surface area contributed by atoms with Gasteiger partial charge in [-0.3, -0.25) is 14.5 Å². The lowest BCUT2D eigenvalue weighted by Crippen LogP contribution is -2.39. The SMILES string of the molecule is CN(C)CCCN(C(=O)C1CC(=O)N(c2ccccc2)C1)c1nc2c(Cl)cccc2s1. The molecule has 2 heterocycles. The molecule has 1 aliphatic rings. The summed E-state index contributed by atoms with van der Waals surface area (Å²) < 4.78 is 0.946. The number of anilines is 2. The standard InChI is InChI=1S/C23H25ClN4O2S/c1-26(2)12-7-13-27(23-25-21-18(24)10-6-11-19(21)31-23)22(30)16-14-20(29)28(15-16)17-8-4-3-5-9-17/h3-6,8-11,16H,7,12-15H2,1-2H3. The van der Waals surface area contributed by atoms with Crippen LogP contribution in [0.1, 0.15) is 12.8 Å². The minimum Gasteiger partial charge on any atom is -0.312 e. The molecule has 0 radical (unpaired) electrons. The van der Waals surface area contributed by atoms with Crippen molar-refractivity contribution in [3.05, 3.63) is 53.6 Å². The van der Waals surface area contributed by atoms with Gasteiger partial charge in [-0.2, -0.15) is 0 Å². The quantitative estimate of drug-likeness (QED) is 0.532. The molecule has 1 atom stereocenters. The number of amides is 2. The van der Waals surface area contributed by atoms with E-state index in [1.807, 2.05) is 56.6 Å². The van der Waals surface area contributed by atoms with Crippen LogP contribution in [-0.4, -0.2) is 55.4 Å². The van der Waals surface area contributed by atoms with Crippen LogP contribution < -0.4 is 9.80 Å². The number of rotatable bonds is 7. The molecule has 0 spiro atoms. The van der Waals surface area contributed by atoms with Gasteiger partial charge in [0.05, 0.1) is 15.6 Å². The second-order valence-electron chi connectivity index (χ2n) is 7.97. The summed E-state index contributed by atoms with van der Waals surface area (Å²) in [7, 11) is 4.02. The molecule has 0 N–H and O–H groups in total. The van der Waals surface area contributed by atoms with E-state index in [4.69, 9.17) is 11.6 Å². The molecule has 1 aromatic heterocycles. The zero-order valence-corrected chi connectivity index (χ0v) is 19.2. The predicted octanol–water partition coefficient (Wildman–Crippen LogP) is 4.29. The van der Waals surface area contributed by atoms with E-state index >= 15 is 0 Å². The molecule has 1 aliphatic heterocycles. The molecule has 1 saturated heterocycles. The van der Waals surface area contributed by atoms with Crippen molar-refractivity contribution in [1.82, 2.24) is 9.88 Å². The fraction of sp³-hybridized carbons (Fsp3) is 0.348. The Morgan fingerprint density at radius 1 is 1.16 bits per heavy atom. The van der Waals surface area contributed by atoms with Crippen molar-refractivity contribution in [1.29, 1.82) is 0 Å². The highest BCUT2D eigenvalue weighted by Crippen LogP contribution is 2.35. The molecule has 6 nitrogen and oxygen atoms in total. The Bertz CT molecular complexity index is 1090. The molecule has 3 aromatic rings. The number of carbonyl (C=O) groups excluding carboxylic acids is 2. The van der Waals surface area contributed by atoms with Gasteiger partial charge >= 0.3 is 0 Å². The van der Waals surface area contributed by atoms with Crippen molar-refractivity contribution in [3.63, 3.8) is 0 Å². The van der Waals surface area contributed by atoms with E-state index in [0.29, 0.717) is 28.8 Å². The van der Waals surface area contributed by atoms with Crippen LogP contribution >= 0.6 is 22.9 Å². The molecule has 2 amide bonds. The maximum atomic E-state index is 13.6. The van der Waals surface area contributed by atoms with E-state index in [2.05, 4.69) is 9.88 Å². The van der Waals surface area contributed by atoms with Crippen LogP contribution in [0.5, 0.6) is 0 Å². The third-order valence-corrected chi connectivity index (χ3v) is 6.73. The van der Waals surface area contributed by atoms with Crippen molar-refractivity contribution in [2.75, 3.05) is 43.5 Å². The second kappa shape index (κ2) is 9.34. The Balaban J connectivity index is 1.59. The van der Waals surface area contributed by atoms with E-state index in [-0.39, 0.29) is 18.2 Å². The minimum absolute atomic E-state index is 0.0230. The molecule has 1 unspecified atom stereocenters. The Hall–Kier alpha value is -2.48. The molecule has 0 bridgehead atoms. The summed E-state index contributed by atoms with van der Waals surface area (Å²) in [5.74, 6) is -0.472. The molecular weight excluding hydrogens is 432 g/mol. The first-order valence-electron chi connectivity index (χ1n) is 10.3. The average molecular weight is 457 g/mol. The number of thiazole rings is 1. The van der Waals surface area contributed by atoms with Gasteiger partial charge in [0.2, 0.25) is 11.8 Å². The van der Waals surface area contributed by atoms with Crippen molar-refractivity contribution in [2.45, 2.75) is 12.8 Å². The zero-order valence-electron chi connectivity index (χ0n) is 17.6. The lowest BCUT2D eigenvalue weighted by molar-refractivity contribution is -0.124. The fourth-order valence-electron chi connectivity index (χ4n) is 3.81. The van der Waals surface area contributed by atoms with Gasteiger partial charge in [0.15, 0.2) is 5.13 Å². The molecular formula is C23H25ClN4O2S. The molecule has 1 fully saturated rings. The summed E-state index contributed by atoms with van der Waals surface area (Å²) in [5, 5.41) is 1.21. The Kier molecular flexibility index (Phi) is 6.55. The molecule has 0 aliphatic carbocycles. The van der Waals surface area contributed by atoms with Crippen LogP contribution in [0.25, 0.3) is 10.2 Å². The Labute approximate surface area is 191 Å². The summed E-state index contributed by atoms with van der Waals surface area (Å²) >= 11 is 7.78. The van der Waals surface area contributed by atoms with Gasteiger partial charge in [-0.25, -0.2) is 4.98 Å². The normalized spacial score (nSPS) is 16.5. The molecule has 4 rings (SSSR count). The third kappa shape index (κ3) is 4.74. The summed E-state index contributed by atoms with van der Waals surface area (Å²) in [6.07, 6.45) is 1.02. The predicted molar refractivity (Wildman–Crippen MR) is 127 cm³/mol. The van der Waals surface area contributed by atoms with E-state index in [1.54, 1.807) is 15.9 Å². The highest BCUT2D eigenvalue weighted by molar-refractivity contribution is 7.22. The molecule has 162 valence electrons. The first-order chi connectivity index (χ1) is 14.9. The highest BCUT2D eigenvalue weighted by Gasteiger charge is 2.38. The molecule has 0 saturated carbocycles. The summed E-state index contributed by atoms with van der Waals surface area (Å²) in [6.45, 7) is 1.79. The summed E-state index contributed by atoms with van der Waals surface area (Å²) in [4.78, 5) is 36.4. The second-order valence-corrected chi connectivity index (χ2v) is 9.39. The maximum absolute atomic E-state index is 13.6. The third-order valence-electron chi connectivity index (χ3n) is 5.38. The molecule has 31 heavy (non-hydrogen) atoms. The number of nitrogens with zero attached hydrogens (tertiary/aromatic N) is 4. The van der Waals surface area contributed by atoms with E-state index in [9.17, 15) is 9.59 Å². The number of hydrogen-bond acceptors (Lipinski definition) is 5. The topological polar surface area (TPSA) is 56.8 Å². The van der Waals surface area contributed by atoms with Crippen molar-refractivity contribution < 1.29 is 9.59 Å². The van der Waals surface area contributed by atoms with Crippen LogP contribution in [0, 0.1) is 5.92 Å². The highest BCUT2D eigenvalue weighted by atomic mass is 35.5. The number of aromatic nitrogens is 1. The van der Waals surface area contributed by atoms with Crippen LogP contribution in [-0.2, 0) is 9.59 Å². The minimum atomic E-state index is -0.394.